The Morgan fingerprint density at radius 3 is 2.66 bits per heavy atom. The van der Waals surface area contributed by atoms with Gasteiger partial charge < -0.3 is 20.7 Å². The van der Waals surface area contributed by atoms with Crippen molar-refractivity contribution in [3.63, 3.8) is 0 Å². The number of fused-ring (bicyclic) bond motifs is 1. The number of methoxy groups -OCH3 is 1. The number of nitrogen functional groups attached to an aromatic ring is 1. The molecule has 10 nitrogen and oxygen atoms in total. The molecular formula is C25H19F6N7O3. The fraction of sp³-hybridized carbons (Fsp3) is 0.240. The number of ether oxygens (including phenoxy) is 1. The van der Waals surface area contributed by atoms with Crippen molar-refractivity contribution in [1.82, 2.24) is 29.8 Å². The van der Waals surface area contributed by atoms with E-state index in [1.54, 1.807) is 0 Å². The molecule has 4 aromatic rings. The number of carbonyl (C=O) groups is 2. The van der Waals surface area contributed by atoms with Crippen LogP contribution in [-0.4, -0.2) is 68.7 Å². The highest BCUT2D eigenvalue weighted by molar-refractivity contribution is 5.98. The lowest BCUT2D eigenvalue weighted by Crippen LogP contribution is -2.42. The molecule has 41 heavy (non-hydrogen) atoms. The summed E-state index contributed by atoms with van der Waals surface area (Å²) in [7, 11) is -0.681. The molecule has 0 unspecified atom stereocenters. The summed E-state index contributed by atoms with van der Waals surface area (Å²) in [6.45, 7) is -0.941. The van der Waals surface area contributed by atoms with Crippen LogP contribution >= 0.6 is 0 Å². The minimum absolute atomic E-state index is 0.0392. The number of amides is 2. The first-order valence-corrected chi connectivity index (χ1v) is 11.7. The van der Waals surface area contributed by atoms with Gasteiger partial charge in [-0.2, -0.15) is 18.3 Å². The number of rotatable bonds is 5. The van der Waals surface area contributed by atoms with Crippen LogP contribution in [0.25, 0.3) is 16.8 Å². The van der Waals surface area contributed by atoms with E-state index in [9.17, 15) is 35.9 Å². The predicted molar refractivity (Wildman–Crippen MR) is 131 cm³/mol. The Balaban J connectivity index is 1.45. The van der Waals surface area contributed by atoms with Gasteiger partial charge in [-0.15, -0.1) is 0 Å². The average molecular weight is 580 g/mol. The standard InChI is InChI=1S/C25H19F6N7O3/c1-41-23-14(4-11(7-33-23)19-6-15(25(29,30)31)20-21(32)34-10-35-38(19)20)22(39)36-18-9-37(8-17(18)28)24(40)13-5-12(26)2-3-16(13)27/h2-7,10,17-18H,8-9H2,1H3,(H,36,39)(H2,32,34,35)/t17-,18+/m0/s1/i1D. The minimum Gasteiger partial charge on any atom is -0.480 e. The fourth-order valence-electron chi connectivity index (χ4n) is 4.50. The van der Waals surface area contributed by atoms with Crippen LogP contribution in [-0.2, 0) is 6.18 Å². The summed E-state index contributed by atoms with van der Waals surface area (Å²) < 4.78 is 97.1. The molecule has 0 spiro atoms. The Labute approximate surface area is 228 Å². The van der Waals surface area contributed by atoms with Gasteiger partial charge >= 0.3 is 6.18 Å². The third-order valence-corrected chi connectivity index (χ3v) is 6.43. The fourth-order valence-corrected chi connectivity index (χ4v) is 4.50. The quantitative estimate of drug-likeness (QED) is 0.347. The first-order valence-electron chi connectivity index (χ1n) is 12.4. The largest absolute Gasteiger partial charge is 0.480 e. The molecule has 1 aliphatic heterocycles. The minimum atomic E-state index is -4.83. The molecule has 0 saturated carbocycles. The van der Waals surface area contributed by atoms with Gasteiger partial charge in [-0.05, 0) is 30.3 Å². The van der Waals surface area contributed by atoms with Gasteiger partial charge in [-0.1, -0.05) is 0 Å². The first-order chi connectivity index (χ1) is 19.9. The van der Waals surface area contributed by atoms with Gasteiger partial charge in [0.1, 0.15) is 35.2 Å². The molecule has 4 heterocycles. The molecule has 16 heteroatoms. The normalized spacial score (nSPS) is 17.5. The summed E-state index contributed by atoms with van der Waals surface area (Å²) in [5.74, 6) is -4.69. The number of carbonyl (C=O) groups excluding carboxylic acids is 2. The van der Waals surface area contributed by atoms with Crippen molar-refractivity contribution in [2.45, 2.75) is 18.4 Å². The summed E-state index contributed by atoms with van der Waals surface area (Å²) in [6.07, 6.45) is -4.62. The van der Waals surface area contributed by atoms with Crippen LogP contribution in [0.3, 0.4) is 0 Å². The van der Waals surface area contributed by atoms with Crippen molar-refractivity contribution in [1.29, 1.82) is 0 Å². The Kier molecular flexibility index (Phi) is 6.59. The number of aromatic nitrogens is 4. The molecule has 1 fully saturated rings. The number of nitrogens with one attached hydrogen (secondary N) is 1. The number of hydrogen-bond acceptors (Lipinski definition) is 7. The van der Waals surface area contributed by atoms with E-state index in [1.807, 2.05) is 0 Å². The number of pyridine rings is 1. The monoisotopic (exact) mass is 580 g/mol. The SMILES string of the molecule is [2H]COc1ncc(-c2cc(C(F)(F)F)c3c(N)ncnn23)cc1C(=O)N[C@@H]1CN(C(=O)c2cc(F)ccc2F)C[C@@H]1F. The number of likely N-dealkylation sites (tertiary alicyclic amines) is 1. The van der Waals surface area contributed by atoms with Crippen LogP contribution in [0.2, 0.25) is 0 Å². The second-order valence-electron chi connectivity index (χ2n) is 9.00. The molecule has 0 aliphatic carbocycles. The van der Waals surface area contributed by atoms with E-state index in [1.165, 1.54) is 0 Å². The molecule has 0 bridgehead atoms. The summed E-state index contributed by atoms with van der Waals surface area (Å²) in [5, 5.41) is 6.21. The molecule has 2 amide bonds. The third kappa shape index (κ3) is 5.07. The summed E-state index contributed by atoms with van der Waals surface area (Å²) in [4.78, 5) is 34.4. The van der Waals surface area contributed by atoms with Crippen LogP contribution in [0, 0.1) is 11.6 Å². The van der Waals surface area contributed by atoms with E-state index in [-0.39, 0.29) is 22.7 Å². The Morgan fingerprint density at radius 1 is 1.15 bits per heavy atom. The zero-order valence-electron chi connectivity index (χ0n) is 21.6. The van der Waals surface area contributed by atoms with E-state index >= 15 is 0 Å². The highest BCUT2D eigenvalue weighted by Gasteiger charge is 2.39. The third-order valence-electron chi connectivity index (χ3n) is 6.43. The van der Waals surface area contributed by atoms with Gasteiger partial charge in [0.15, 0.2) is 5.82 Å². The van der Waals surface area contributed by atoms with Crippen molar-refractivity contribution < 1.29 is 42.0 Å². The van der Waals surface area contributed by atoms with Crippen molar-refractivity contribution in [3.8, 4) is 17.1 Å². The van der Waals surface area contributed by atoms with Crippen molar-refractivity contribution in [2.75, 3.05) is 25.9 Å². The van der Waals surface area contributed by atoms with Gasteiger partial charge in [0, 0.05) is 18.3 Å². The lowest BCUT2D eigenvalue weighted by molar-refractivity contribution is -0.136. The smallest absolute Gasteiger partial charge is 0.418 e. The Hall–Kier alpha value is -4.89. The molecular weight excluding hydrogens is 560 g/mol. The van der Waals surface area contributed by atoms with Gasteiger partial charge in [0.2, 0.25) is 5.88 Å². The number of anilines is 1. The summed E-state index contributed by atoms with van der Waals surface area (Å²) in [5.41, 5.74) is 2.84. The summed E-state index contributed by atoms with van der Waals surface area (Å²) in [6, 6.07) is 2.80. The highest BCUT2D eigenvalue weighted by atomic mass is 19.4. The molecule has 1 aliphatic rings. The Morgan fingerprint density at radius 2 is 1.93 bits per heavy atom. The molecule has 1 saturated heterocycles. The Bertz CT molecular complexity index is 1700. The van der Waals surface area contributed by atoms with Gasteiger partial charge in [0.25, 0.3) is 11.8 Å². The number of nitrogens with two attached hydrogens (primary N) is 1. The number of alkyl halides is 4. The number of nitrogens with zero attached hydrogens (tertiary/aromatic N) is 5. The molecule has 214 valence electrons. The molecule has 5 rings (SSSR count). The van der Waals surface area contributed by atoms with Crippen LogP contribution in [0.1, 0.15) is 27.7 Å². The lowest BCUT2D eigenvalue weighted by atomic mass is 10.1. The maximum atomic E-state index is 14.9. The van der Waals surface area contributed by atoms with E-state index in [4.69, 9.17) is 11.8 Å². The van der Waals surface area contributed by atoms with E-state index in [0.29, 0.717) is 6.07 Å². The molecule has 3 aromatic heterocycles. The molecule has 3 N–H and O–H groups in total. The van der Waals surface area contributed by atoms with Crippen LogP contribution in [0.5, 0.6) is 5.88 Å². The second kappa shape index (κ2) is 10.3. The van der Waals surface area contributed by atoms with Crippen LogP contribution in [0.4, 0.5) is 32.2 Å². The van der Waals surface area contributed by atoms with Crippen molar-refractivity contribution in [2.24, 2.45) is 0 Å². The number of benzene rings is 1. The van der Waals surface area contributed by atoms with Crippen molar-refractivity contribution >= 4 is 23.1 Å². The average Bonchev–Trinajstić information content (AvgIpc) is 3.52. The number of hydrogen-bond donors (Lipinski definition) is 2. The first kappa shape index (κ1) is 26.3. The number of halogens is 6. The lowest BCUT2D eigenvalue weighted by Gasteiger charge is -2.18. The zero-order valence-corrected chi connectivity index (χ0v) is 20.6. The van der Waals surface area contributed by atoms with Crippen molar-refractivity contribution in [3.05, 3.63) is 71.2 Å². The topological polar surface area (TPSA) is 128 Å². The van der Waals surface area contributed by atoms with Gasteiger partial charge in [-0.25, -0.2) is 27.7 Å². The summed E-state index contributed by atoms with van der Waals surface area (Å²) >= 11 is 0. The maximum Gasteiger partial charge on any atom is 0.418 e. The molecule has 2 atom stereocenters. The van der Waals surface area contributed by atoms with Gasteiger partial charge in [-0.3, -0.25) is 9.59 Å². The predicted octanol–water partition coefficient (Wildman–Crippen LogP) is 3.27. The second-order valence-corrected chi connectivity index (χ2v) is 9.00. The molecule has 0 radical (unpaired) electrons. The van der Waals surface area contributed by atoms with Gasteiger partial charge in [0.05, 0.1) is 37.9 Å². The highest BCUT2D eigenvalue weighted by Crippen LogP contribution is 2.39. The van der Waals surface area contributed by atoms with E-state index < -0.39 is 84.5 Å². The zero-order chi connectivity index (χ0) is 30.3. The molecule has 1 aromatic carbocycles. The van der Waals surface area contributed by atoms with Crippen LogP contribution in [0.15, 0.2) is 42.9 Å². The van der Waals surface area contributed by atoms with Crippen LogP contribution < -0.4 is 15.8 Å². The van der Waals surface area contributed by atoms with E-state index in [2.05, 4.69) is 20.4 Å². The van der Waals surface area contributed by atoms with E-state index in [0.717, 1.165) is 46.2 Å². The maximum absolute atomic E-state index is 14.9.